The maximum Gasteiger partial charge on any atom is 0.240 e. The summed E-state index contributed by atoms with van der Waals surface area (Å²) in [5, 5.41) is 8.89. The molecule has 1 aromatic carbocycles. The molecule has 0 bridgehead atoms. The third-order valence-corrected chi connectivity index (χ3v) is 5.02. The van der Waals surface area contributed by atoms with E-state index in [0.717, 1.165) is 10.6 Å². The molecule has 0 spiro atoms. The number of benzene rings is 1. The Balaban J connectivity index is 2.69. The lowest BCUT2D eigenvalue weighted by atomic mass is 10.2. The molecule has 96 valence electrons. The number of sulfonamides is 1. The van der Waals surface area contributed by atoms with Gasteiger partial charge in [0.2, 0.25) is 10.0 Å². The Kier molecular flexibility index (Phi) is 5.45. The van der Waals surface area contributed by atoms with Crippen LogP contribution in [0.15, 0.2) is 34.1 Å². The number of aliphatic hydroxyl groups excluding tert-OH is 1. The zero-order valence-electron chi connectivity index (χ0n) is 9.88. The summed E-state index contributed by atoms with van der Waals surface area (Å²) in [7, 11) is -1.96. The molecule has 0 amide bonds. The fourth-order valence-electron chi connectivity index (χ4n) is 1.12. The van der Waals surface area contributed by atoms with Gasteiger partial charge in [-0.25, -0.2) is 13.1 Å². The quantitative estimate of drug-likeness (QED) is 0.768. The Labute approximate surface area is 106 Å². The van der Waals surface area contributed by atoms with Crippen molar-refractivity contribution in [2.75, 3.05) is 19.4 Å². The zero-order valence-corrected chi connectivity index (χ0v) is 11.5. The second-order valence-electron chi connectivity index (χ2n) is 3.78. The summed E-state index contributed by atoms with van der Waals surface area (Å²) >= 11 is 1.60. The first-order valence-corrected chi connectivity index (χ1v) is 7.73. The molecule has 1 aromatic rings. The van der Waals surface area contributed by atoms with E-state index in [4.69, 9.17) is 5.11 Å². The normalized spacial score (nSPS) is 13.6. The molecule has 4 nitrogen and oxygen atoms in total. The Morgan fingerprint density at radius 3 is 2.41 bits per heavy atom. The maximum absolute atomic E-state index is 11.5. The minimum absolute atomic E-state index is 0.166. The molecule has 0 saturated heterocycles. The van der Waals surface area contributed by atoms with E-state index >= 15 is 0 Å². The van der Waals surface area contributed by atoms with E-state index < -0.39 is 10.0 Å². The fourth-order valence-corrected chi connectivity index (χ4v) is 2.77. The maximum atomic E-state index is 11.5. The summed E-state index contributed by atoms with van der Waals surface area (Å²) in [5.74, 6) is 1.05. The highest BCUT2D eigenvalue weighted by atomic mass is 32.2. The molecule has 1 rings (SSSR count). The lowest BCUT2D eigenvalue weighted by Gasteiger charge is -2.07. The van der Waals surface area contributed by atoms with Crippen molar-refractivity contribution in [2.45, 2.75) is 16.7 Å². The molecule has 1 atom stereocenters. The summed E-state index contributed by atoms with van der Waals surface area (Å²) in [5.41, 5.74) is 0. The van der Waals surface area contributed by atoms with Gasteiger partial charge in [-0.2, -0.15) is 0 Å². The number of nitrogens with one attached hydrogen (secondary N) is 1. The van der Waals surface area contributed by atoms with Gasteiger partial charge in [0, 0.05) is 17.3 Å². The van der Waals surface area contributed by atoms with Crippen molar-refractivity contribution in [3.8, 4) is 0 Å². The Bertz CT molecular complexity index is 442. The Morgan fingerprint density at radius 1 is 1.35 bits per heavy atom. The van der Waals surface area contributed by atoms with Crippen molar-refractivity contribution >= 4 is 21.8 Å². The third kappa shape index (κ3) is 4.31. The van der Waals surface area contributed by atoms with Crippen molar-refractivity contribution in [3.63, 3.8) is 0 Å². The van der Waals surface area contributed by atoms with E-state index in [-0.39, 0.29) is 17.4 Å². The molecule has 0 heterocycles. The Morgan fingerprint density at radius 2 is 1.94 bits per heavy atom. The van der Waals surface area contributed by atoms with E-state index in [1.807, 2.05) is 6.92 Å². The Hall–Kier alpha value is -0.560. The highest BCUT2D eigenvalue weighted by Crippen LogP contribution is 2.22. The van der Waals surface area contributed by atoms with Crippen LogP contribution >= 0.6 is 11.8 Å². The molecule has 6 heteroatoms. The molecular weight excluding hydrogens is 258 g/mol. The van der Waals surface area contributed by atoms with Gasteiger partial charge in [-0.05, 0) is 37.2 Å². The number of thioether (sulfide) groups is 1. The lowest BCUT2D eigenvalue weighted by Crippen LogP contribution is -2.18. The lowest BCUT2D eigenvalue weighted by molar-refractivity contribution is 0.250. The number of hydrogen-bond donors (Lipinski definition) is 2. The van der Waals surface area contributed by atoms with Crippen LogP contribution in [0.3, 0.4) is 0 Å². The van der Waals surface area contributed by atoms with Crippen molar-refractivity contribution < 1.29 is 13.5 Å². The van der Waals surface area contributed by atoms with E-state index in [2.05, 4.69) is 4.72 Å². The minimum Gasteiger partial charge on any atom is -0.396 e. The first kappa shape index (κ1) is 14.5. The largest absolute Gasteiger partial charge is 0.396 e. The van der Waals surface area contributed by atoms with E-state index in [0.29, 0.717) is 0 Å². The molecule has 2 N–H and O–H groups in total. The average Bonchev–Trinajstić information content (AvgIpc) is 2.36. The van der Waals surface area contributed by atoms with Gasteiger partial charge in [0.05, 0.1) is 4.90 Å². The van der Waals surface area contributed by atoms with Gasteiger partial charge in [0.1, 0.15) is 0 Å². The van der Waals surface area contributed by atoms with E-state index in [1.165, 1.54) is 7.05 Å². The average molecular weight is 275 g/mol. The van der Waals surface area contributed by atoms with Gasteiger partial charge >= 0.3 is 0 Å². The summed E-state index contributed by atoms with van der Waals surface area (Å²) < 4.78 is 25.2. The van der Waals surface area contributed by atoms with Crippen LogP contribution in [0.4, 0.5) is 0 Å². The van der Waals surface area contributed by atoms with Gasteiger partial charge < -0.3 is 5.11 Å². The van der Waals surface area contributed by atoms with E-state index in [9.17, 15) is 8.42 Å². The zero-order chi connectivity index (χ0) is 12.9. The van der Waals surface area contributed by atoms with Crippen LogP contribution in [-0.2, 0) is 10.0 Å². The van der Waals surface area contributed by atoms with Crippen LogP contribution in [0, 0.1) is 5.92 Å². The highest BCUT2D eigenvalue weighted by Gasteiger charge is 2.10. The van der Waals surface area contributed by atoms with Gasteiger partial charge in [-0.3, -0.25) is 0 Å². The number of hydrogen-bond acceptors (Lipinski definition) is 4. The molecule has 17 heavy (non-hydrogen) atoms. The smallest absolute Gasteiger partial charge is 0.240 e. The predicted molar refractivity (Wildman–Crippen MR) is 69.7 cm³/mol. The molecule has 0 fully saturated rings. The molecule has 0 aliphatic rings. The van der Waals surface area contributed by atoms with Crippen molar-refractivity contribution in [1.29, 1.82) is 0 Å². The van der Waals surface area contributed by atoms with Crippen molar-refractivity contribution in [3.05, 3.63) is 24.3 Å². The SMILES string of the molecule is CNS(=O)(=O)c1ccc(SCC(C)CO)cc1. The number of aliphatic hydroxyl groups is 1. The molecule has 0 aliphatic carbocycles. The van der Waals surface area contributed by atoms with Gasteiger partial charge in [0.25, 0.3) is 0 Å². The van der Waals surface area contributed by atoms with Gasteiger partial charge in [0.15, 0.2) is 0 Å². The third-order valence-electron chi connectivity index (χ3n) is 2.25. The predicted octanol–water partition coefficient (Wildman–Crippen LogP) is 1.32. The first-order valence-electron chi connectivity index (χ1n) is 5.27. The molecular formula is C11H17NO3S2. The van der Waals surface area contributed by atoms with Crippen LogP contribution < -0.4 is 4.72 Å². The number of rotatable bonds is 6. The van der Waals surface area contributed by atoms with Gasteiger partial charge in [-0.1, -0.05) is 6.92 Å². The minimum atomic E-state index is -3.35. The second kappa shape index (κ2) is 6.39. The summed E-state index contributed by atoms with van der Waals surface area (Å²) in [4.78, 5) is 1.26. The summed E-state index contributed by atoms with van der Waals surface area (Å²) in [6, 6.07) is 6.72. The van der Waals surface area contributed by atoms with Crippen LogP contribution in [0.5, 0.6) is 0 Å². The second-order valence-corrected chi connectivity index (χ2v) is 6.76. The van der Waals surface area contributed by atoms with Gasteiger partial charge in [-0.15, -0.1) is 11.8 Å². The summed E-state index contributed by atoms with van der Waals surface area (Å²) in [6.45, 7) is 2.13. The van der Waals surface area contributed by atoms with E-state index in [1.54, 1.807) is 36.0 Å². The van der Waals surface area contributed by atoms with Crippen LogP contribution in [-0.4, -0.2) is 32.9 Å². The highest BCUT2D eigenvalue weighted by molar-refractivity contribution is 7.99. The standard InChI is InChI=1S/C11H17NO3S2/c1-9(7-13)8-16-10-3-5-11(6-4-10)17(14,15)12-2/h3-6,9,12-13H,7-8H2,1-2H3. The monoisotopic (exact) mass is 275 g/mol. The molecule has 1 unspecified atom stereocenters. The van der Waals surface area contributed by atoms with Crippen LogP contribution in [0.25, 0.3) is 0 Å². The van der Waals surface area contributed by atoms with Crippen LogP contribution in [0.2, 0.25) is 0 Å². The molecule has 0 aromatic heterocycles. The molecule has 0 aliphatic heterocycles. The van der Waals surface area contributed by atoms with Crippen LogP contribution in [0.1, 0.15) is 6.92 Å². The summed E-state index contributed by atoms with van der Waals surface area (Å²) in [6.07, 6.45) is 0. The topological polar surface area (TPSA) is 66.4 Å². The first-order chi connectivity index (χ1) is 7.99. The molecule has 0 radical (unpaired) electrons. The van der Waals surface area contributed by atoms with Crippen molar-refractivity contribution in [1.82, 2.24) is 4.72 Å². The fraction of sp³-hybridized carbons (Fsp3) is 0.455. The molecule has 0 saturated carbocycles. The van der Waals surface area contributed by atoms with Crippen molar-refractivity contribution in [2.24, 2.45) is 5.92 Å².